The van der Waals surface area contributed by atoms with E-state index in [4.69, 9.17) is 9.47 Å². The predicted molar refractivity (Wildman–Crippen MR) is 101 cm³/mol. The van der Waals surface area contributed by atoms with Crippen LogP contribution >= 0.6 is 0 Å². The molecule has 0 aromatic heterocycles. The summed E-state index contributed by atoms with van der Waals surface area (Å²) in [5, 5.41) is 2.73. The molecule has 1 N–H and O–H groups in total. The molecule has 0 saturated carbocycles. The molecular formula is C20H26N2O6. The fraction of sp³-hybridized carbons (Fsp3) is 0.550. The van der Waals surface area contributed by atoms with Crippen molar-refractivity contribution in [2.75, 3.05) is 38.7 Å². The lowest BCUT2D eigenvalue weighted by Gasteiger charge is -2.40. The number of ether oxygens (including phenoxy) is 3. The minimum absolute atomic E-state index is 0.248. The molecule has 3 rings (SSSR count). The Morgan fingerprint density at radius 1 is 1.14 bits per heavy atom. The molecule has 152 valence electrons. The van der Waals surface area contributed by atoms with Crippen LogP contribution in [-0.4, -0.2) is 61.9 Å². The van der Waals surface area contributed by atoms with Crippen LogP contribution in [0.1, 0.15) is 37.0 Å². The number of benzene rings is 1. The number of rotatable bonds is 4. The maximum Gasteiger partial charge on any atom is 0.337 e. The van der Waals surface area contributed by atoms with Crippen LogP contribution in [0.25, 0.3) is 0 Å². The Labute approximate surface area is 164 Å². The molecule has 0 atom stereocenters. The third kappa shape index (κ3) is 4.02. The molecule has 8 nitrogen and oxygen atoms in total. The van der Waals surface area contributed by atoms with Crippen LogP contribution in [0.4, 0.5) is 5.69 Å². The van der Waals surface area contributed by atoms with Gasteiger partial charge in [0.2, 0.25) is 11.8 Å². The highest BCUT2D eigenvalue weighted by molar-refractivity contribution is 6.10. The summed E-state index contributed by atoms with van der Waals surface area (Å²) in [5.74, 6) is -1.75. The number of anilines is 1. The van der Waals surface area contributed by atoms with Gasteiger partial charge in [0.05, 0.1) is 25.9 Å². The van der Waals surface area contributed by atoms with E-state index in [0.717, 1.165) is 0 Å². The lowest BCUT2D eigenvalue weighted by molar-refractivity contribution is -0.189. The first kappa shape index (κ1) is 20.3. The minimum Gasteiger partial charge on any atom is -0.465 e. The van der Waals surface area contributed by atoms with E-state index < -0.39 is 23.1 Å². The van der Waals surface area contributed by atoms with Crippen molar-refractivity contribution >= 4 is 23.5 Å². The van der Waals surface area contributed by atoms with Gasteiger partial charge in [0, 0.05) is 31.6 Å². The van der Waals surface area contributed by atoms with E-state index in [1.807, 2.05) is 0 Å². The average Bonchev–Trinajstić information content (AvgIpc) is 3.15. The summed E-state index contributed by atoms with van der Waals surface area (Å²) in [6.07, 6.45) is 1.19. The number of carbonyl (C=O) groups is 3. The minimum atomic E-state index is -1.26. The third-order valence-electron chi connectivity index (χ3n) is 5.27. The summed E-state index contributed by atoms with van der Waals surface area (Å²) in [6.45, 7) is 5.31. The first-order valence-corrected chi connectivity index (χ1v) is 9.34. The molecule has 0 radical (unpaired) electrons. The molecule has 1 aromatic rings. The van der Waals surface area contributed by atoms with Crippen molar-refractivity contribution in [2.24, 2.45) is 5.41 Å². The Hall–Kier alpha value is -2.45. The van der Waals surface area contributed by atoms with E-state index in [0.29, 0.717) is 50.4 Å². The second kappa shape index (κ2) is 7.89. The lowest BCUT2D eigenvalue weighted by atomic mass is 9.88. The van der Waals surface area contributed by atoms with Gasteiger partial charge in [0.15, 0.2) is 5.79 Å². The van der Waals surface area contributed by atoms with Crippen LogP contribution in [0, 0.1) is 5.41 Å². The first-order valence-electron chi connectivity index (χ1n) is 9.34. The van der Waals surface area contributed by atoms with Crippen molar-refractivity contribution in [3.63, 3.8) is 0 Å². The zero-order chi connectivity index (χ0) is 20.4. The summed E-state index contributed by atoms with van der Waals surface area (Å²) in [6, 6.07) is 6.41. The monoisotopic (exact) mass is 390 g/mol. The number of nitrogens with one attached hydrogen (secondary N) is 1. The van der Waals surface area contributed by atoms with Crippen LogP contribution in [0.5, 0.6) is 0 Å². The summed E-state index contributed by atoms with van der Waals surface area (Å²) in [4.78, 5) is 39.1. The van der Waals surface area contributed by atoms with E-state index in [9.17, 15) is 14.4 Å². The standard InChI is InChI=1S/C20H26N2O6/c1-19(2,17(24)21-15-6-4-5-14(13-15)16(23)26-3)18(25)22-9-7-20(8-10-22)27-11-12-28-20/h4-6,13H,7-12H2,1-3H3,(H,21,24). The van der Waals surface area contributed by atoms with Crippen molar-refractivity contribution in [2.45, 2.75) is 32.5 Å². The Kier molecular flexibility index (Phi) is 5.71. The van der Waals surface area contributed by atoms with E-state index in [2.05, 4.69) is 10.1 Å². The lowest BCUT2D eigenvalue weighted by Crippen LogP contribution is -2.53. The molecule has 2 aliphatic heterocycles. The van der Waals surface area contributed by atoms with E-state index in [1.165, 1.54) is 13.2 Å². The molecular weight excluding hydrogens is 364 g/mol. The van der Waals surface area contributed by atoms with Crippen LogP contribution < -0.4 is 5.32 Å². The number of carbonyl (C=O) groups excluding carboxylic acids is 3. The number of likely N-dealkylation sites (tertiary alicyclic amines) is 1. The van der Waals surface area contributed by atoms with Gasteiger partial charge in [-0.3, -0.25) is 9.59 Å². The van der Waals surface area contributed by atoms with E-state index >= 15 is 0 Å². The van der Waals surface area contributed by atoms with Gasteiger partial charge in [-0.2, -0.15) is 0 Å². The normalized spacial score (nSPS) is 18.8. The number of piperidine rings is 1. The fourth-order valence-corrected chi connectivity index (χ4v) is 3.46. The van der Waals surface area contributed by atoms with Gasteiger partial charge in [-0.15, -0.1) is 0 Å². The molecule has 1 aromatic carbocycles. The van der Waals surface area contributed by atoms with Crippen LogP contribution in [-0.2, 0) is 23.8 Å². The highest BCUT2D eigenvalue weighted by Gasteiger charge is 2.45. The van der Waals surface area contributed by atoms with Gasteiger partial charge in [-0.25, -0.2) is 4.79 Å². The summed E-state index contributed by atoms with van der Waals surface area (Å²) < 4.78 is 16.1. The summed E-state index contributed by atoms with van der Waals surface area (Å²) >= 11 is 0. The molecule has 28 heavy (non-hydrogen) atoms. The van der Waals surface area contributed by atoms with Gasteiger partial charge in [-0.05, 0) is 32.0 Å². The molecule has 0 unspecified atom stereocenters. The second-order valence-electron chi connectivity index (χ2n) is 7.55. The maximum atomic E-state index is 13.0. The Morgan fingerprint density at radius 2 is 1.79 bits per heavy atom. The maximum absolute atomic E-state index is 13.0. The Bertz CT molecular complexity index is 760. The van der Waals surface area contributed by atoms with Crippen LogP contribution in [0.3, 0.4) is 0 Å². The smallest absolute Gasteiger partial charge is 0.337 e. The number of hydrogen-bond donors (Lipinski definition) is 1. The fourth-order valence-electron chi connectivity index (χ4n) is 3.46. The third-order valence-corrected chi connectivity index (χ3v) is 5.27. The zero-order valence-electron chi connectivity index (χ0n) is 16.4. The topological polar surface area (TPSA) is 94.2 Å². The Balaban J connectivity index is 1.64. The van der Waals surface area contributed by atoms with Crippen molar-refractivity contribution < 1.29 is 28.6 Å². The zero-order valence-corrected chi connectivity index (χ0v) is 16.4. The van der Waals surface area contributed by atoms with Gasteiger partial charge in [0.25, 0.3) is 0 Å². The molecule has 0 aliphatic carbocycles. The molecule has 2 aliphatic rings. The molecule has 2 amide bonds. The van der Waals surface area contributed by atoms with Gasteiger partial charge < -0.3 is 24.4 Å². The van der Waals surface area contributed by atoms with Gasteiger partial charge >= 0.3 is 5.97 Å². The molecule has 2 saturated heterocycles. The highest BCUT2D eigenvalue weighted by atomic mass is 16.7. The molecule has 0 bridgehead atoms. The second-order valence-corrected chi connectivity index (χ2v) is 7.55. The van der Waals surface area contributed by atoms with Gasteiger partial charge in [0.1, 0.15) is 5.41 Å². The van der Waals surface area contributed by atoms with Crippen molar-refractivity contribution in [1.82, 2.24) is 4.90 Å². The average molecular weight is 390 g/mol. The molecule has 2 heterocycles. The molecule has 1 spiro atoms. The van der Waals surface area contributed by atoms with Crippen molar-refractivity contribution in [3.8, 4) is 0 Å². The number of amides is 2. The number of methoxy groups -OCH3 is 1. The highest BCUT2D eigenvalue weighted by Crippen LogP contribution is 2.33. The first-order chi connectivity index (χ1) is 13.3. The predicted octanol–water partition coefficient (Wildman–Crippen LogP) is 1.80. The number of nitrogens with zero attached hydrogens (tertiary/aromatic N) is 1. The molecule has 2 fully saturated rings. The van der Waals surface area contributed by atoms with Crippen LogP contribution in [0.15, 0.2) is 24.3 Å². The largest absolute Gasteiger partial charge is 0.465 e. The molecule has 8 heteroatoms. The summed E-state index contributed by atoms with van der Waals surface area (Å²) in [7, 11) is 1.29. The quantitative estimate of drug-likeness (QED) is 0.622. The van der Waals surface area contributed by atoms with Gasteiger partial charge in [-0.1, -0.05) is 6.07 Å². The van der Waals surface area contributed by atoms with Crippen LogP contribution in [0.2, 0.25) is 0 Å². The van der Waals surface area contributed by atoms with E-state index in [-0.39, 0.29) is 5.91 Å². The van der Waals surface area contributed by atoms with Crippen molar-refractivity contribution in [3.05, 3.63) is 29.8 Å². The van der Waals surface area contributed by atoms with Crippen molar-refractivity contribution in [1.29, 1.82) is 0 Å². The number of esters is 1. The SMILES string of the molecule is COC(=O)c1cccc(NC(=O)C(C)(C)C(=O)N2CCC3(CC2)OCCO3)c1. The number of hydrogen-bond acceptors (Lipinski definition) is 6. The Morgan fingerprint density at radius 3 is 2.39 bits per heavy atom. The summed E-state index contributed by atoms with van der Waals surface area (Å²) in [5.41, 5.74) is -0.509. The van der Waals surface area contributed by atoms with E-state index in [1.54, 1.807) is 36.9 Å².